The van der Waals surface area contributed by atoms with Gasteiger partial charge in [0.05, 0.1) is 24.0 Å². The molecular formula is C10H10ClF3N4. The van der Waals surface area contributed by atoms with Crippen LogP contribution in [-0.2, 0) is 0 Å². The van der Waals surface area contributed by atoms with Gasteiger partial charge in [-0.25, -0.2) is 9.50 Å². The molecule has 0 atom stereocenters. The first-order valence-corrected chi connectivity index (χ1v) is 5.56. The van der Waals surface area contributed by atoms with E-state index in [-0.39, 0.29) is 11.7 Å². The number of alkyl halides is 3. The Morgan fingerprint density at radius 3 is 2.83 bits per heavy atom. The molecule has 0 bridgehead atoms. The zero-order valence-corrected chi connectivity index (χ0v) is 10.2. The van der Waals surface area contributed by atoms with E-state index in [4.69, 9.17) is 11.6 Å². The second-order valence-electron chi connectivity index (χ2n) is 3.81. The molecule has 0 aliphatic heterocycles. The number of aryl methyl sites for hydroxylation is 1. The van der Waals surface area contributed by atoms with E-state index in [2.05, 4.69) is 15.4 Å². The molecule has 0 aliphatic rings. The summed E-state index contributed by atoms with van der Waals surface area (Å²) in [5.74, 6) is 0. The summed E-state index contributed by atoms with van der Waals surface area (Å²) < 4.78 is 37.7. The molecule has 0 spiro atoms. The van der Waals surface area contributed by atoms with E-state index < -0.39 is 12.6 Å². The maximum Gasteiger partial charge on any atom is 0.390 e. The summed E-state index contributed by atoms with van der Waals surface area (Å²) in [6, 6.07) is 1.46. The molecule has 2 rings (SSSR count). The van der Waals surface area contributed by atoms with Gasteiger partial charge in [-0.1, -0.05) is 11.6 Å². The molecule has 2 heterocycles. The van der Waals surface area contributed by atoms with Crippen LogP contribution in [0.3, 0.4) is 0 Å². The van der Waals surface area contributed by atoms with Crippen molar-refractivity contribution in [3.8, 4) is 0 Å². The summed E-state index contributed by atoms with van der Waals surface area (Å²) in [4.78, 5) is 4.07. The molecule has 2 aromatic heterocycles. The number of aromatic nitrogens is 3. The lowest BCUT2D eigenvalue weighted by Crippen LogP contribution is -2.15. The van der Waals surface area contributed by atoms with Gasteiger partial charge >= 0.3 is 6.18 Å². The molecule has 18 heavy (non-hydrogen) atoms. The van der Waals surface area contributed by atoms with Gasteiger partial charge in [-0.3, -0.25) is 0 Å². The number of hydrogen-bond acceptors (Lipinski definition) is 3. The van der Waals surface area contributed by atoms with E-state index in [1.54, 1.807) is 13.1 Å². The van der Waals surface area contributed by atoms with E-state index >= 15 is 0 Å². The molecule has 0 fully saturated rings. The summed E-state index contributed by atoms with van der Waals surface area (Å²) in [5.41, 5.74) is 1.65. The van der Waals surface area contributed by atoms with Gasteiger partial charge in [0, 0.05) is 12.6 Å². The minimum atomic E-state index is -4.19. The fourth-order valence-electron chi connectivity index (χ4n) is 1.52. The minimum Gasteiger partial charge on any atom is -0.382 e. The van der Waals surface area contributed by atoms with Gasteiger partial charge in [-0.05, 0) is 6.92 Å². The molecule has 98 valence electrons. The first-order valence-electron chi connectivity index (χ1n) is 5.18. The third-order valence-corrected chi connectivity index (χ3v) is 2.52. The lowest BCUT2D eigenvalue weighted by molar-refractivity contribution is -0.131. The molecule has 0 aromatic carbocycles. The Hall–Kier alpha value is -1.50. The monoisotopic (exact) mass is 278 g/mol. The highest BCUT2D eigenvalue weighted by Gasteiger charge is 2.26. The molecule has 0 amide bonds. The molecule has 1 N–H and O–H groups in total. The maximum absolute atomic E-state index is 12.1. The van der Waals surface area contributed by atoms with Crippen LogP contribution >= 0.6 is 11.6 Å². The van der Waals surface area contributed by atoms with E-state index in [1.165, 1.54) is 10.6 Å². The second-order valence-corrected chi connectivity index (χ2v) is 4.19. The molecular weight excluding hydrogens is 269 g/mol. The third-order valence-electron chi connectivity index (χ3n) is 2.33. The highest BCUT2D eigenvalue weighted by molar-refractivity contribution is 6.29. The molecule has 2 aromatic rings. The first-order chi connectivity index (χ1) is 8.37. The van der Waals surface area contributed by atoms with Gasteiger partial charge in [0.1, 0.15) is 0 Å². The second kappa shape index (κ2) is 4.64. The SMILES string of the molecule is Cc1cnc2c(NCCC(F)(F)F)cc(Cl)nn12. The lowest BCUT2D eigenvalue weighted by Gasteiger charge is -2.10. The smallest absolute Gasteiger partial charge is 0.382 e. The van der Waals surface area contributed by atoms with Gasteiger partial charge in [-0.2, -0.15) is 18.3 Å². The zero-order chi connectivity index (χ0) is 13.3. The van der Waals surface area contributed by atoms with Crippen LogP contribution in [0, 0.1) is 6.92 Å². The Morgan fingerprint density at radius 2 is 2.17 bits per heavy atom. The standard InChI is InChI=1S/C10H10ClF3N4/c1-6-5-16-9-7(4-8(11)17-18(6)9)15-3-2-10(12,13)14/h4-5,15H,2-3H2,1H3. The van der Waals surface area contributed by atoms with Crippen molar-refractivity contribution in [1.29, 1.82) is 0 Å². The van der Waals surface area contributed by atoms with Gasteiger partial charge in [0.25, 0.3) is 0 Å². The Kier molecular flexibility index (Phi) is 3.34. The Labute approximate surface area is 106 Å². The average Bonchev–Trinajstić information content (AvgIpc) is 2.59. The van der Waals surface area contributed by atoms with Crippen LogP contribution in [0.4, 0.5) is 18.9 Å². The molecule has 0 aliphatic carbocycles. The van der Waals surface area contributed by atoms with Gasteiger partial charge < -0.3 is 5.32 Å². The normalized spacial score (nSPS) is 12.1. The van der Waals surface area contributed by atoms with Gasteiger partial charge in [-0.15, -0.1) is 0 Å². The molecule has 0 radical (unpaired) electrons. The predicted octanol–water partition coefficient (Wildman–Crippen LogP) is 3.06. The van der Waals surface area contributed by atoms with Crippen LogP contribution in [0.1, 0.15) is 12.1 Å². The summed E-state index contributed by atoms with van der Waals surface area (Å²) in [7, 11) is 0. The fourth-order valence-corrected chi connectivity index (χ4v) is 1.70. The van der Waals surface area contributed by atoms with Crippen LogP contribution in [0.25, 0.3) is 5.65 Å². The van der Waals surface area contributed by atoms with Gasteiger partial charge in [0.15, 0.2) is 10.8 Å². The number of nitrogens with one attached hydrogen (secondary N) is 1. The van der Waals surface area contributed by atoms with E-state index in [1.807, 2.05) is 0 Å². The number of fused-ring (bicyclic) bond motifs is 1. The summed E-state index contributed by atoms with van der Waals surface area (Å²) >= 11 is 5.80. The van der Waals surface area contributed by atoms with Crippen LogP contribution in [0.2, 0.25) is 5.15 Å². The summed E-state index contributed by atoms with van der Waals surface area (Å²) in [6.45, 7) is 1.55. The van der Waals surface area contributed by atoms with Crippen molar-refractivity contribution in [2.45, 2.75) is 19.5 Å². The number of hydrogen-bond donors (Lipinski definition) is 1. The van der Waals surface area contributed by atoms with Crippen molar-refractivity contribution in [3.63, 3.8) is 0 Å². The van der Waals surface area contributed by atoms with Crippen LogP contribution in [0.15, 0.2) is 12.3 Å². The van der Waals surface area contributed by atoms with Crippen LogP contribution in [0.5, 0.6) is 0 Å². The number of imidazole rings is 1. The molecule has 0 saturated heterocycles. The number of halogens is 4. The van der Waals surface area contributed by atoms with E-state index in [0.29, 0.717) is 11.3 Å². The predicted molar refractivity (Wildman–Crippen MR) is 61.9 cm³/mol. The quantitative estimate of drug-likeness (QED) is 0.938. The van der Waals surface area contributed by atoms with Crippen LogP contribution < -0.4 is 5.32 Å². The summed E-state index contributed by atoms with van der Waals surface area (Å²) in [6.07, 6.45) is -3.53. The highest BCUT2D eigenvalue weighted by atomic mass is 35.5. The van der Waals surface area contributed by atoms with Crippen molar-refractivity contribution in [2.75, 3.05) is 11.9 Å². The lowest BCUT2D eigenvalue weighted by atomic mass is 10.3. The minimum absolute atomic E-state index is 0.193. The Morgan fingerprint density at radius 1 is 1.44 bits per heavy atom. The van der Waals surface area contributed by atoms with Crippen LogP contribution in [-0.4, -0.2) is 27.3 Å². The largest absolute Gasteiger partial charge is 0.390 e. The third kappa shape index (κ3) is 2.84. The van der Waals surface area contributed by atoms with Crippen molar-refractivity contribution < 1.29 is 13.2 Å². The van der Waals surface area contributed by atoms with Crippen molar-refractivity contribution in [2.24, 2.45) is 0 Å². The van der Waals surface area contributed by atoms with E-state index in [0.717, 1.165) is 5.69 Å². The van der Waals surface area contributed by atoms with E-state index in [9.17, 15) is 13.2 Å². The Balaban J connectivity index is 2.22. The molecule has 0 saturated carbocycles. The molecule has 8 heteroatoms. The van der Waals surface area contributed by atoms with Crippen molar-refractivity contribution >= 4 is 22.9 Å². The molecule has 4 nitrogen and oxygen atoms in total. The first kappa shape index (κ1) is 12.9. The maximum atomic E-state index is 12.1. The summed E-state index contributed by atoms with van der Waals surface area (Å²) in [5, 5.41) is 6.87. The van der Waals surface area contributed by atoms with Crippen molar-refractivity contribution in [1.82, 2.24) is 14.6 Å². The number of nitrogens with zero attached hydrogens (tertiary/aromatic N) is 3. The molecule has 0 unspecified atom stereocenters. The number of rotatable bonds is 3. The average molecular weight is 279 g/mol. The number of anilines is 1. The van der Waals surface area contributed by atoms with Gasteiger partial charge in [0.2, 0.25) is 0 Å². The fraction of sp³-hybridized carbons (Fsp3) is 0.400. The topological polar surface area (TPSA) is 42.2 Å². The highest BCUT2D eigenvalue weighted by Crippen LogP contribution is 2.22. The Bertz CT molecular complexity index is 564. The zero-order valence-electron chi connectivity index (χ0n) is 9.42. The van der Waals surface area contributed by atoms with Crippen molar-refractivity contribution in [3.05, 3.63) is 23.1 Å².